The zero-order valence-corrected chi connectivity index (χ0v) is 11.0. The Morgan fingerprint density at radius 3 is 3.00 bits per heavy atom. The average molecular weight is 252 g/mol. The third-order valence-electron chi connectivity index (χ3n) is 2.28. The molecule has 1 aromatic carbocycles. The minimum atomic E-state index is 0.308. The van der Waals surface area contributed by atoms with Gasteiger partial charge in [-0.1, -0.05) is 12.1 Å². The predicted octanol–water partition coefficient (Wildman–Crippen LogP) is 3.27. The first-order chi connectivity index (χ1) is 7.75. The highest BCUT2D eigenvalue weighted by molar-refractivity contribution is 7.98. The van der Waals surface area contributed by atoms with Gasteiger partial charge in [-0.25, -0.2) is 4.98 Å². The van der Waals surface area contributed by atoms with E-state index in [1.807, 2.05) is 17.8 Å². The molecule has 0 amide bonds. The van der Waals surface area contributed by atoms with E-state index in [1.165, 1.54) is 9.71 Å². The van der Waals surface area contributed by atoms with E-state index >= 15 is 0 Å². The molecule has 0 aliphatic carbocycles. The van der Waals surface area contributed by atoms with Crippen LogP contribution in [0.15, 0.2) is 24.3 Å². The summed E-state index contributed by atoms with van der Waals surface area (Å²) in [4.78, 5) is 4.60. The standard InChI is InChI=1S/C12H16N2S2/c1-9(13)6-7-15-8-12-14-10-4-2-3-5-11(10)16-12/h2-5,9H,6-8,13H2,1H3. The van der Waals surface area contributed by atoms with Crippen LogP contribution in [0.5, 0.6) is 0 Å². The van der Waals surface area contributed by atoms with Gasteiger partial charge in [-0.3, -0.25) is 0 Å². The van der Waals surface area contributed by atoms with E-state index in [1.54, 1.807) is 11.3 Å². The molecule has 1 unspecified atom stereocenters. The molecule has 2 N–H and O–H groups in total. The van der Waals surface area contributed by atoms with E-state index in [4.69, 9.17) is 5.73 Å². The fraction of sp³-hybridized carbons (Fsp3) is 0.417. The number of thioether (sulfide) groups is 1. The molecule has 0 fully saturated rings. The Balaban J connectivity index is 1.89. The lowest BCUT2D eigenvalue weighted by molar-refractivity contribution is 0.721. The zero-order valence-electron chi connectivity index (χ0n) is 9.35. The second-order valence-corrected chi connectivity index (χ2v) is 6.11. The second-order valence-electron chi connectivity index (χ2n) is 3.89. The van der Waals surface area contributed by atoms with Crippen molar-refractivity contribution in [3.05, 3.63) is 29.3 Å². The van der Waals surface area contributed by atoms with Gasteiger partial charge in [0.2, 0.25) is 0 Å². The highest BCUT2D eigenvalue weighted by Gasteiger charge is 2.03. The monoisotopic (exact) mass is 252 g/mol. The summed E-state index contributed by atoms with van der Waals surface area (Å²) < 4.78 is 1.28. The highest BCUT2D eigenvalue weighted by atomic mass is 32.2. The van der Waals surface area contributed by atoms with Gasteiger partial charge in [0, 0.05) is 11.8 Å². The van der Waals surface area contributed by atoms with E-state index < -0.39 is 0 Å². The highest BCUT2D eigenvalue weighted by Crippen LogP contribution is 2.24. The molecular formula is C12H16N2S2. The fourth-order valence-corrected chi connectivity index (χ4v) is 3.58. The minimum absolute atomic E-state index is 0.308. The van der Waals surface area contributed by atoms with Crippen LogP contribution in [0.4, 0.5) is 0 Å². The van der Waals surface area contributed by atoms with Crippen LogP contribution in [0.2, 0.25) is 0 Å². The van der Waals surface area contributed by atoms with Gasteiger partial charge in [-0.15, -0.1) is 11.3 Å². The molecule has 0 aliphatic heterocycles. The molecule has 4 heteroatoms. The Morgan fingerprint density at radius 1 is 1.44 bits per heavy atom. The van der Waals surface area contributed by atoms with Crippen LogP contribution in [-0.4, -0.2) is 16.8 Å². The van der Waals surface area contributed by atoms with Crippen molar-refractivity contribution in [3.63, 3.8) is 0 Å². The lowest BCUT2D eigenvalue weighted by atomic mass is 10.3. The smallest absolute Gasteiger partial charge is 0.104 e. The topological polar surface area (TPSA) is 38.9 Å². The number of nitrogens with zero attached hydrogens (tertiary/aromatic N) is 1. The first-order valence-electron chi connectivity index (χ1n) is 5.43. The molecule has 16 heavy (non-hydrogen) atoms. The summed E-state index contributed by atoms with van der Waals surface area (Å²) in [5.41, 5.74) is 6.83. The Bertz CT molecular complexity index is 418. The summed E-state index contributed by atoms with van der Waals surface area (Å²) in [7, 11) is 0. The molecule has 1 aromatic heterocycles. The van der Waals surface area contributed by atoms with Gasteiger partial charge in [0.05, 0.1) is 10.2 Å². The Morgan fingerprint density at radius 2 is 2.25 bits per heavy atom. The maximum absolute atomic E-state index is 5.71. The summed E-state index contributed by atoms with van der Waals surface area (Å²) in [6.45, 7) is 2.05. The lowest BCUT2D eigenvalue weighted by Crippen LogP contribution is -2.15. The molecule has 0 radical (unpaired) electrons. The van der Waals surface area contributed by atoms with E-state index in [0.29, 0.717) is 6.04 Å². The third kappa shape index (κ3) is 3.20. The predicted molar refractivity (Wildman–Crippen MR) is 74.0 cm³/mol. The maximum Gasteiger partial charge on any atom is 0.104 e. The van der Waals surface area contributed by atoms with Crippen molar-refractivity contribution < 1.29 is 0 Å². The van der Waals surface area contributed by atoms with Gasteiger partial charge < -0.3 is 5.73 Å². The molecule has 2 aromatic rings. The van der Waals surface area contributed by atoms with Gasteiger partial charge in [0.25, 0.3) is 0 Å². The second kappa shape index (κ2) is 5.66. The largest absolute Gasteiger partial charge is 0.328 e. The van der Waals surface area contributed by atoms with Crippen molar-refractivity contribution in [1.82, 2.24) is 4.98 Å². The van der Waals surface area contributed by atoms with Crippen molar-refractivity contribution in [1.29, 1.82) is 0 Å². The Labute approximate surface area is 104 Å². The minimum Gasteiger partial charge on any atom is -0.328 e. The number of hydrogen-bond acceptors (Lipinski definition) is 4. The van der Waals surface area contributed by atoms with E-state index in [9.17, 15) is 0 Å². The molecule has 0 aliphatic rings. The number of fused-ring (bicyclic) bond motifs is 1. The molecular weight excluding hydrogens is 236 g/mol. The van der Waals surface area contributed by atoms with E-state index in [-0.39, 0.29) is 0 Å². The van der Waals surface area contributed by atoms with Crippen molar-refractivity contribution in [2.75, 3.05) is 5.75 Å². The molecule has 0 saturated heterocycles. The van der Waals surface area contributed by atoms with Crippen LogP contribution in [0.25, 0.3) is 10.2 Å². The van der Waals surface area contributed by atoms with Gasteiger partial charge in [-0.05, 0) is 31.2 Å². The molecule has 2 nitrogen and oxygen atoms in total. The van der Waals surface area contributed by atoms with Crippen LogP contribution < -0.4 is 5.73 Å². The molecule has 0 saturated carbocycles. The maximum atomic E-state index is 5.71. The van der Waals surface area contributed by atoms with Crippen LogP contribution in [0.1, 0.15) is 18.4 Å². The number of aromatic nitrogens is 1. The van der Waals surface area contributed by atoms with Crippen molar-refractivity contribution in [2.45, 2.75) is 25.1 Å². The van der Waals surface area contributed by atoms with Crippen LogP contribution in [0, 0.1) is 0 Å². The quantitative estimate of drug-likeness (QED) is 0.830. The van der Waals surface area contributed by atoms with Crippen LogP contribution in [-0.2, 0) is 5.75 Å². The van der Waals surface area contributed by atoms with Crippen LogP contribution >= 0.6 is 23.1 Å². The van der Waals surface area contributed by atoms with Crippen molar-refractivity contribution in [3.8, 4) is 0 Å². The average Bonchev–Trinajstić information content (AvgIpc) is 2.66. The first kappa shape index (κ1) is 11.9. The molecule has 1 atom stereocenters. The fourth-order valence-electron chi connectivity index (χ4n) is 1.41. The summed E-state index contributed by atoms with van der Waals surface area (Å²) in [5.74, 6) is 2.12. The summed E-state index contributed by atoms with van der Waals surface area (Å²) in [5, 5.41) is 1.22. The molecule has 0 spiro atoms. The van der Waals surface area contributed by atoms with Crippen molar-refractivity contribution in [2.24, 2.45) is 5.73 Å². The molecule has 0 bridgehead atoms. The number of hydrogen-bond donors (Lipinski definition) is 1. The zero-order chi connectivity index (χ0) is 11.4. The SMILES string of the molecule is CC(N)CCSCc1nc2ccccc2s1. The van der Waals surface area contributed by atoms with E-state index in [0.717, 1.165) is 23.4 Å². The number of nitrogens with two attached hydrogens (primary N) is 1. The summed E-state index contributed by atoms with van der Waals surface area (Å²) in [6.07, 6.45) is 1.08. The van der Waals surface area contributed by atoms with Gasteiger partial charge in [-0.2, -0.15) is 11.8 Å². The molecule has 86 valence electrons. The lowest BCUT2D eigenvalue weighted by Gasteiger charge is -2.02. The first-order valence-corrected chi connectivity index (χ1v) is 7.40. The van der Waals surface area contributed by atoms with Gasteiger partial charge in [0.15, 0.2) is 0 Å². The third-order valence-corrected chi connectivity index (χ3v) is 4.50. The number of rotatable bonds is 5. The molecule has 1 heterocycles. The van der Waals surface area contributed by atoms with E-state index in [2.05, 4.69) is 30.1 Å². The van der Waals surface area contributed by atoms with Crippen molar-refractivity contribution >= 4 is 33.3 Å². The number of para-hydroxylation sites is 1. The van der Waals surface area contributed by atoms with Gasteiger partial charge >= 0.3 is 0 Å². The summed E-state index contributed by atoms with van der Waals surface area (Å²) in [6, 6.07) is 8.61. The summed E-state index contributed by atoms with van der Waals surface area (Å²) >= 11 is 3.71. The number of thiazole rings is 1. The van der Waals surface area contributed by atoms with Gasteiger partial charge in [0.1, 0.15) is 5.01 Å². The normalized spacial score (nSPS) is 13.1. The molecule has 2 rings (SSSR count). The van der Waals surface area contributed by atoms with Crippen LogP contribution in [0.3, 0.4) is 0 Å². The number of benzene rings is 1. The Kier molecular flexibility index (Phi) is 4.21. The Hall–Kier alpha value is -0.580.